The molecule has 2 N–H and O–H groups in total. The van der Waals surface area contributed by atoms with E-state index >= 15 is 0 Å². The predicted molar refractivity (Wildman–Crippen MR) is 51.4 cm³/mol. The fourth-order valence-electron chi connectivity index (χ4n) is 1.06. The van der Waals surface area contributed by atoms with Crippen molar-refractivity contribution in [2.24, 2.45) is 5.73 Å². The van der Waals surface area contributed by atoms with Crippen LogP contribution < -0.4 is 10.5 Å². The molecule has 5 heteroatoms. The number of carbonyl (C=O) groups is 1. The van der Waals surface area contributed by atoms with E-state index < -0.39 is 5.91 Å². The van der Waals surface area contributed by atoms with Gasteiger partial charge in [-0.2, -0.15) is 0 Å². The highest BCUT2D eigenvalue weighted by Crippen LogP contribution is 2.29. The van der Waals surface area contributed by atoms with Crippen molar-refractivity contribution in [1.82, 2.24) is 4.98 Å². The van der Waals surface area contributed by atoms with E-state index in [2.05, 4.69) is 4.98 Å². The van der Waals surface area contributed by atoms with Gasteiger partial charge in [0.1, 0.15) is 0 Å². The van der Waals surface area contributed by atoms with E-state index in [1.807, 2.05) is 0 Å². The van der Waals surface area contributed by atoms with Gasteiger partial charge in [0, 0.05) is 12.3 Å². The first-order chi connectivity index (χ1) is 6.66. The summed E-state index contributed by atoms with van der Waals surface area (Å²) in [5.74, 6) is -0.218. The lowest BCUT2D eigenvalue weighted by Gasteiger charge is -2.07. The van der Waals surface area contributed by atoms with E-state index in [0.717, 1.165) is 12.8 Å². The molecule has 2 rings (SSSR count). The molecule has 0 atom stereocenters. The highest BCUT2D eigenvalue weighted by molar-refractivity contribution is 6.30. The molecular weight excluding hydrogens is 204 g/mol. The molecule has 1 fully saturated rings. The van der Waals surface area contributed by atoms with Gasteiger partial charge in [0.05, 0.1) is 11.1 Å². The van der Waals surface area contributed by atoms with Crippen LogP contribution >= 0.6 is 11.6 Å². The van der Waals surface area contributed by atoms with E-state index in [9.17, 15) is 4.79 Å². The summed E-state index contributed by atoms with van der Waals surface area (Å²) >= 11 is 5.73. The van der Waals surface area contributed by atoms with Crippen molar-refractivity contribution in [1.29, 1.82) is 0 Å². The van der Waals surface area contributed by atoms with Crippen molar-refractivity contribution in [3.63, 3.8) is 0 Å². The van der Waals surface area contributed by atoms with Crippen molar-refractivity contribution >= 4 is 17.5 Å². The fourth-order valence-corrected chi connectivity index (χ4v) is 1.21. The zero-order valence-electron chi connectivity index (χ0n) is 7.37. The van der Waals surface area contributed by atoms with Gasteiger partial charge in [-0.3, -0.25) is 4.79 Å². The van der Waals surface area contributed by atoms with Crippen LogP contribution in [0.2, 0.25) is 5.02 Å². The molecule has 1 heterocycles. The van der Waals surface area contributed by atoms with Crippen LogP contribution in [0.5, 0.6) is 5.75 Å². The molecule has 1 saturated carbocycles. The van der Waals surface area contributed by atoms with Crippen molar-refractivity contribution in [2.45, 2.75) is 18.9 Å². The number of halogens is 1. The Kier molecular flexibility index (Phi) is 2.29. The van der Waals surface area contributed by atoms with Gasteiger partial charge in [0.25, 0.3) is 5.91 Å². The number of carbonyl (C=O) groups excluding carboxylic acids is 1. The van der Waals surface area contributed by atoms with Gasteiger partial charge in [-0.25, -0.2) is 4.98 Å². The Bertz CT molecular complexity index is 377. The first-order valence-corrected chi connectivity index (χ1v) is 4.66. The molecule has 0 bridgehead atoms. The topological polar surface area (TPSA) is 65.2 Å². The third-order valence-electron chi connectivity index (χ3n) is 1.87. The molecule has 1 aliphatic rings. The largest absolute Gasteiger partial charge is 0.488 e. The number of nitrogens with zero attached hydrogens (tertiary/aromatic N) is 1. The Morgan fingerprint density at radius 2 is 2.36 bits per heavy atom. The summed E-state index contributed by atoms with van der Waals surface area (Å²) in [5, 5.41) is 0.436. The van der Waals surface area contributed by atoms with Crippen molar-refractivity contribution < 1.29 is 9.53 Å². The molecule has 0 spiro atoms. The van der Waals surface area contributed by atoms with Crippen molar-refractivity contribution in [3.05, 3.63) is 23.0 Å². The van der Waals surface area contributed by atoms with Gasteiger partial charge < -0.3 is 10.5 Å². The lowest BCUT2D eigenvalue weighted by molar-refractivity contribution is 0.0991. The predicted octanol–water partition coefficient (Wildman–Crippen LogP) is 1.38. The van der Waals surface area contributed by atoms with E-state index in [1.165, 1.54) is 6.20 Å². The minimum absolute atomic E-state index is 0.140. The van der Waals surface area contributed by atoms with Gasteiger partial charge in [0.15, 0.2) is 11.4 Å². The normalized spacial score (nSPS) is 15.2. The lowest BCUT2D eigenvalue weighted by atomic mass is 10.3. The second-order valence-corrected chi connectivity index (χ2v) is 3.62. The van der Waals surface area contributed by atoms with E-state index in [4.69, 9.17) is 22.1 Å². The monoisotopic (exact) mass is 212 g/mol. The highest BCUT2D eigenvalue weighted by Gasteiger charge is 2.25. The van der Waals surface area contributed by atoms with E-state index in [0.29, 0.717) is 10.8 Å². The van der Waals surface area contributed by atoms with Gasteiger partial charge in [-0.15, -0.1) is 0 Å². The Morgan fingerprint density at radius 3 is 2.93 bits per heavy atom. The van der Waals surface area contributed by atoms with Crippen LogP contribution in [0.25, 0.3) is 0 Å². The zero-order chi connectivity index (χ0) is 10.1. The number of aromatic nitrogens is 1. The summed E-state index contributed by atoms with van der Waals surface area (Å²) in [7, 11) is 0. The van der Waals surface area contributed by atoms with Crippen LogP contribution in [0, 0.1) is 0 Å². The summed E-state index contributed by atoms with van der Waals surface area (Å²) < 4.78 is 5.45. The maximum Gasteiger partial charge on any atom is 0.271 e. The second-order valence-electron chi connectivity index (χ2n) is 3.18. The van der Waals surface area contributed by atoms with Gasteiger partial charge in [0.2, 0.25) is 0 Å². The van der Waals surface area contributed by atoms with Crippen LogP contribution in [0.3, 0.4) is 0 Å². The van der Waals surface area contributed by atoms with Crippen LogP contribution in [-0.4, -0.2) is 17.0 Å². The maximum atomic E-state index is 11.0. The van der Waals surface area contributed by atoms with Gasteiger partial charge in [-0.05, 0) is 12.8 Å². The van der Waals surface area contributed by atoms with E-state index in [1.54, 1.807) is 6.07 Å². The molecule has 1 amide bonds. The number of primary amides is 1. The molecular formula is C9H9ClN2O2. The first kappa shape index (κ1) is 9.27. The molecule has 0 aromatic carbocycles. The standard InChI is InChI=1S/C9H9ClN2O2/c10-5-3-7(14-6-1-2-6)8(9(11)13)12-4-5/h3-4,6H,1-2H2,(H2,11,13). The molecule has 14 heavy (non-hydrogen) atoms. The number of pyridine rings is 1. The van der Waals surface area contributed by atoms with Gasteiger partial charge >= 0.3 is 0 Å². The third-order valence-corrected chi connectivity index (χ3v) is 2.08. The molecule has 4 nitrogen and oxygen atoms in total. The summed E-state index contributed by atoms with van der Waals surface area (Å²) in [4.78, 5) is 14.8. The molecule has 1 aliphatic carbocycles. The fraction of sp³-hybridized carbons (Fsp3) is 0.333. The van der Waals surface area contributed by atoms with Crippen molar-refractivity contribution in [2.75, 3.05) is 0 Å². The Hall–Kier alpha value is -1.29. The quantitative estimate of drug-likeness (QED) is 0.823. The number of amides is 1. The SMILES string of the molecule is NC(=O)c1ncc(Cl)cc1OC1CC1. The smallest absolute Gasteiger partial charge is 0.271 e. The average Bonchev–Trinajstić information content (AvgIpc) is 2.87. The summed E-state index contributed by atoms with van der Waals surface area (Å²) in [5.41, 5.74) is 5.28. The number of hydrogen-bond donors (Lipinski definition) is 1. The Morgan fingerprint density at radius 1 is 1.64 bits per heavy atom. The van der Waals surface area contributed by atoms with E-state index in [-0.39, 0.29) is 11.8 Å². The molecule has 0 radical (unpaired) electrons. The number of ether oxygens (including phenoxy) is 1. The van der Waals surface area contributed by atoms with Crippen LogP contribution in [0.15, 0.2) is 12.3 Å². The third kappa shape index (κ3) is 1.96. The zero-order valence-corrected chi connectivity index (χ0v) is 8.12. The number of hydrogen-bond acceptors (Lipinski definition) is 3. The highest BCUT2D eigenvalue weighted by atomic mass is 35.5. The molecule has 74 valence electrons. The molecule has 1 aromatic rings. The molecule has 0 saturated heterocycles. The summed E-state index contributed by atoms with van der Waals surface area (Å²) in [6, 6.07) is 1.56. The minimum Gasteiger partial charge on any atom is -0.488 e. The Balaban J connectivity index is 2.31. The maximum absolute atomic E-state index is 11.0. The van der Waals surface area contributed by atoms with Gasteiger partial charge in [-0.1, -0.05) is 11.6 Å². The van der Waals surface area contributed by atoms with Crippen LogP contribution in [-0.2, 0) is 0 Å². The second kappa shape index (κ2) is 3.46. The summed E-state index contributed by atoms with van der Waals surface area (Å²) in [6.45, 7) is 0. The average molecular weight is 213 g/mol. The number of rotatable bonds is 3. The summed E-state index contributed by atoms with van der Waals surface area (Å²) in [6.07, 6.45) is 3.57. The Labute approximate surface area is 86.0 Å². The molecule has 0 unspecified atom stereocenters. The molecule has 1 aromatic heterocycles. The minimum atomic E-state index is -0.600. The van der Waals surface area contributed by atoms with Crippen molar-refractivity contribution in [3.8, 4) is 5.75 Å². The van der Waals surface area contributed by atoms with Crippen LogP contribution in [0.1, 0.15) is 23.3 Å². The first-order valence-electron chi connectivity index (χ1n) is 4.29. The molecule has 0 aliphatic heterocycles. The van der Waals surface area contributed by atoms with Crippen LogP contribution in [0.4, 0.5) is 0 Å². The number of nitrogens with two attached hydrogens (primary N) is 1. The lowest BCUT2D eigenvalue weighted by Crippen LogP contribution is -2.15.